The van der Waals surface area contributed by atoms with Gasteiger partial charge in [0.25, 0.3) is 0 Å². The second kappa shape index (κ2) is 3.06. The number of aromatic hydroxyl groups is 1. The molecule has 0 spiro atoms. The van der Waals surface area contributed by atoms with Gasteiger partial charge in [0, 0.05) is 6.07 Å². The van der Waals surface area contributed by atoms with Gasteiger partial charge >= 0.3 is 0 Å². The topological polar surface area (TPSA) is 55.5 Å². The van der Waals surface area contributed by atoms with Crippen molar-refractivity contribution in [2.24, 2.45) is 0 Å². The van der Waals surface area contributed by atoms with Crippen molar-refractivity contribution in [3.05, 3.63) is 16.9 Å². The second-order valence-corrected chi connectivity index (χ2v) is 2.51. The molecular weight excluding hydrogens is 185 g/mol. The molecule has 0 bridgehead atoms. The van der Waals surface area contributed by atoms with E-state index in [1.54, 1.807) is 0 Å². The molecule has 0 unspecified atom stereocenters. The number of ether oxygens (including phenoxy) is 1. The minimum Gasteiger partial charge on any atom is -0.503 e. The summed E-state index contributed by atoms with van der Waals surface area (Å²) in [5.74, 6) is -1.10. The normalized spacial score (nSPS) is 9.92. The van der Waals surface area contributed by atoms with Crippen molar-refractivity contribution < 1.29 is 14.2 Å². The van der Waals surface area contributed by atoms with E-state index in [0.29, 0.717) is 0 Å². The Morgan fingerprint density at radius 3 is 2.75 bits per heavy atom. The number of phenolic OH excluding ortho intramolecular Hbond substituents is 1. The Morgan fingerprint density at radius 2 is 2.25 bits per heavy atom. The number of nitrogens with two attached hydrogens (primary N) is 1. The number of hydrogen-bond donors (Lipinski definition) is 2. The van der Waals surface area contributed by atoms with E-state index in [1.807, 2.05) is 0 Å². The summed E-state index contributed by atoms with van der Waals surface area (Å²) < 4.78 is 17.4. The van der Waals surface area contributed by atoms with Gasteiger partial charge in [0.15, 0.2) is 11.5 Å². The van der Waals surface area contributed by atoms with Gasteiger partial charge in [-0.3, -0.25) is 0 Å². The Labute approximate surface area is 73.5 Å². The Morgan fingerprint density at radius 1 is 1.67 bits per heavy atom. The van der Waals surface area contributed by atoms with Crippen molar-refractivity contribution in [1.82, 2.24) is 0 Å². The second-order valence-electron chi connectivity index (χ2n) is 2.14. The maximum atomic E-state index is 12.8. The van der Waals surface area contributed by atoms with E-state index >= 15 is 0 Å². The number of halogens is 2. The monoisotopic (exact) mass is 191 g/mol. The molecule has 1 rings (SSSR count). The number of phenols is 1. The first-order chi connectivity index (χ1) is 5.57. The van der Waals surface area contributed by atoms with Crippen LogP contribution in [0.5, 0.6) is 11.5 Å². The standard InChI is InChI=1S/C7H7ClFNO2/c1-12-4-2-3(9)5(8)6(10)7(4)11/h2,11H,10H2,1H3. The molecule has 0 aromatic heterocycles. The fourth-order valence-corrected chi connectivity index (χ4v) is 0.912. The highest BCUT2D eigenvalue weighted by Gasteiger charge is 2.13. The minimum absolute atomic E-state index is 0.0330. The first kappa shape index (κ1) is 8.93. The van der Waals surface area contributed by atoms with E-state index in [0.717, 1.165) is 6.07 Å². The molecule has 0 radical (unpaired) electrons. The third kappa shape index (κ3) is 1.25. The van der Waals surface area contributed by atoms with Crippen LogP contribution in [0.2, 0.25) is 5.02 Å². The lowest BCUT2D eigenvalue weighted by atomic mass is 10.2. The Hall–Kier alpha value is -1.16. The summed E-state index contributed by atoms with van der Waals surface area (Å²) in [6, 6.07) is 0.966. The zero-order chi connectivity index (χ0) is 9.30. The average molecular weight is 192 g/mol. The SMILES string of the molecule is COc1cc(F)c(Cl)c(N)c1O. The van der Waals surface area contributed by atoms with E-state index in [4.69, 9.17) is 17.3 Å². The first-order valence-corrected chi connectivity index (χ1v) is 3.46. The Balaban J connectivity index is 3.39. The van der Waals surface area contributed by atoms with Crippen LogP contribution in [-0.4, -0.2) is 12.2 Å². The van der Waals surface area contributed by atoms with Crippen molar-refractivity contribution in [1.29, 1.82) is 0 Å². The number of benzene rings is 1. The highest BCUT2D eigenvalue weighted by atomic mass is 35.5. The molecule has 12 heavy (non-hydrogen) atoms. The van der Waals surface area contributed by atoms with Gasteiger partial charge in [0.05, 0.1) is 12.8 Å². The Kier molecular flexibility index (Phi) is 2.28. The van der Waals surface area contributed by atoms with Crippen LogP contribution < -0.4 is 10.5 Å². The average Bonchev–Trinajstić information content (AvgIpc) is 2.08. The zero-order valence-electron chi connectivity index (χ0n) is 6.27. The molecule has 66 valence electrons. The summed E-state index contributed by atoms with van der Waals surface area (Å²) in [7, 11) is 1.29. The molecule has 3 N–H and O–H groups in total. The molecule has 0 saturated carbocycles. The predicted octanol–water partition coefficient (Wildman–Crippen LogP) is 1.78. The predicted molar refractivity (Wildman–Crippen MR) is 44.0 cm³/mol. The quantitative estimate of drug-likeness (QED) is 0.526. The van der Waals surface area contributed by atoms with Crippen LogP contribution in [0.3, 0.4) is 0 Å². The summed E-state index contributed by atoms with van der Waals surface area (Å²) in [6.07, 6.45) is 0. The number of nitrogen functional groups attached to an aromatic ring is 1. The molecule has 0 aliphatic heterocycles. The van der Waals surface area contributed by atoms with E-state index < -0.39 is 5.82 Å². The van der Waals surface area contributed by atoms with E-state index in [-0.39, 0.29) is 22.2 Å². The third-order valence-electron chi connectivity index (χ3n) is 1.41. The molecular formula is C7H7ClFNO2. The van der Waals surface area contributed by atoms with Gasteiger partial charge in [0.1, 0.15) is 10.8 Å². The molecule has 0 amide bonds. The van der Waals surface area contributed by atoms with E-state index in [9.17, 15) is 9.50 Å². The first-order valence-electron chi connectivity index (χ1n) is 3.08. The highest BCUT2D eigenvalue weighted by Crippen LogP contribution is 2.38. The van der Waals surface area contributed by atoms with Crippen LogP contribution in [0.1, 0.15) is 0 Å². The molecule has 5 heteroatoms. The molecule has 0 saturated heterocycles. The number of methoxy groups -OCH3 is 1. The van der Waals surface area contributed by atoms with Gasteiger partial charge in [0.2, 0.25) is 0 Å². The molecule has 0 heterocycles. The smallest absolute Gasteiger partial charge is 0.182 e. The summed E-state index contributed by atoms with van der Waals surface area (Å²) in [6.45, 7) is 0. The van der Waals surface area contributed by atoms with Crippen molar-refractivity contribution in [3.63, 3.8) is 0 Å². The molecule has 0 aliphatic rings. The molecule has 0 fully saturated rings. The minimum atomic E-state index is -0.719. The van der Waals surface area contributed by atoms with Crippen LogP contribution in [0.25, 0.3) is 0 Å². The van der Waals surface area contributed by atoms with Gasteiger partial charge in [-0.15, -0.1) is 0 Å². The van der Waals surface area contributed by atoms with Gasteiger partial charge in [-0.25, -0.2) is 4.39 Å². The van der Waals surface area contributed by atoms with Gasteiger partial charge < -0.3 is 15.6 Å². The lowest BCUT2D eigenvalue weighted by molar-refractivity contribution is 0.371. The number of rotatable bonds is 1. The van der Waals surface area contributed by atoms with Crippen LogP contribution in [-0.2, 0) is 0 Å². The van der Waals surface area contributed by atoms with Crippen LogP contribution in [0.15, 0.2) is 6.07 Å². The van der Waals surface area contributed by atoms with Crippen molar-refractivity contribution >= 4 is 17.3 Å². The van der Waals surface area contributed by atoms with Crippen molar-refractivity contribution in [2.75, 3.05) is 12.8 Å². The third-order valence-corrected chi connectivity index (χ3v) is 1.80. The van der Waals surface area contributed by atoms with Gasteiger partial charge in [-0.2, -0.15) is 0 Å². The molecule has 3 nitrogen and oxygen atoms in total. The van der Waals surface area contributed by atoms with E-state index in [1.165, 1.54) is 7.11 Å². The lowest BCUT2D eigenvalue weighted by Crippen LogP contribution is -1.93. The largest absolute Gasteiger partial charge is 0.503 e. The van der Waals surface area contributed by atoms with Gasteiger partial charge in [-0.05, 0) is 0 Å². The summed E-state index contributed by atoms with van der Waals surface area (Å²) in [4.78, 5) is 0. The molecule has 0 aliphatic carbocycles. The highest BCUT2D eigenvalue weighted by molar-refractivity contribution is 6.33. The van der Waals surface area contributed by atoms with Gasteiger partial charge in [-0.1, -0.05) is 11.6 Å². The summed E-state index contributed by atoms with van der Waals surface area (Å²) in [5, 5.41) is 8.90. The maximum Gasteiger partial charge on any atom is 0.182 e. The van der Waals surface area contributed by atoms with Crippen LogP contribution in [0.4, 0.5) is 10.1 Å². The van der Waals surface area contributed by atoms with Crippen molar-refractivity contribution in [3.8, 4) is 11.5 Å². The van der Waals surface area contributed by atoms with Crippen molar-refractivity contribution in [2.45, 2.75) is 0 Å². The maximum absolute atomic E-state index is 12.8. The van der Waals surface area contributed by atoms with E-state index in [2.05, 4.69) is 4.74 Å². The summed E-state index contributed by atoms with van der Waals surface area (Å²) in [5.41, 5.74) is 5.04. The Bertz CT molecular complexity index is 317. The summed E-state index contributed by atoms with van der Waals surface area (Å²) >= 11 is 5.40. The van der Waals surface area contributed by atoms with Crippen LogP contribution >= 0.6 is 11.6 Å². The molecule has 1 aromatic carbocycles. The number of anilines is 1. The fraction of sp³-hybridized carbons (Fsp3) is 0.143. The number of hydrogen-bond acceptors (Lipinski definition) is 3. The fourth-order valence-electron chi connectivity index (χ4n) is 0.768. The van der Waals surface area contributed by atoms with Crippen LogP contribution in [0, 0.1) is 5.82 Å². The lowest BCUT2D eigenvalue weighted by Gasteiger charge is -2.07. The molecule has 1 aromatic rings. The zero-order valence-corrected chi connectivity index (χ0v) is 7.02. The molecule has 0 atom stereocenters.